The number of anilines is 2. The summed E-state index contributed by atoms with van der Waals surface area (Å²) in [4.78, 5) is 24.8. The molecule has 13 nitrogen and oxygen atoms in total. The van der Waals surface area contributed by atoms with E-state index in [0.29, 0.717) is 17.1 Å². The molecular weight excluding hydrogens is 552 g/mol. The van der Waals surface area contributed by atoms with E-state index in [1.807, 2.05) is 0 Å². The number of hydrogen-bond acceptors (Lipinski definition) is 12. The fourth-order valence-corrected chi connectivity index (χ4v) is 6.49. The average Bonchev–Trinajstić information content (AvgIpc) is 3.40. The number of aromatic nitrogens is 4. The highest BCUT2D eigenvalue weighted by Gasteiger charge is 2.55. The van der Waals surface area contributed by atoms with Crippen molar-refractivity contribution in [3.63, 3.8) is 0 Å². The Morgan fingerprint density at radius 2 is 2.10 bits per heavy atom. The zero-order chi connectivity index (χ0) is 28.4. The molecule has 5 N–H and O–H groups in total. The van der Waals surface area contributed by atoms with Crippen molar-refractivity contribution in [1.29, 1.82) is 0 Å². The zero-order valence-electron chi connectivity index (χ0n) is 21.8. The third-order valence-corrected chi connectivity index (χ3v) is 8.51. The van der Waals surface area contributed by atoms with Crippen LogP contribution in [-0.4, -0.2) is 74.8 Å². The molecule has 0 aliphatic carbocycles. The summed E-state index contributed by atoms with van der Waals surface area (Å²) in [5.41, 5.74) is 4.11. The van der Waals surface area contributed by atoms with Crippen molar-refractivity contribution in [2.24, 2.45) is 0 Å². The van der Waals surface area contributed by atoms with Crippen LogP contribution in [0, 0.1) is 0 Å². The third kappa shape index (κ3) is 6.13. The van der Waals surface area contributed by atoms with E-state index < -0.39 is 42.8 Å². The van der Waals surface area contributed by atoms with Crippen LogP contribution < -0.4 is 20.7 Å². The van der Waals surface area contributed by atoms with Crippen molar-refractivity contribution in [2.45, 2.75) is 50.9 Å². The summed E-state index contributed by atoms with van der Waals surface area (Å²) in [5, 5.41) is 16.7. The summed E-state index contributed by atoms with van der Waals surface area (Å²) in [6.45, 7) is 0.851. The molecule has 1 saturated heterocycles. The molecule has 212 valence electrons. The van der Waals surface area contributed by atoms with Crippen molar-refractivity contribution in [1.82, 2.24) is 24.6 Å². The highest BCUT2D eigenvalue weighted by Crippen LogP contribution is 2.48. The van der Waals surface area contributed by atoms with Gasteiger partial charge in [-0.15, -0.1) is 0 Å². The van der Waals surface area contributed by atoms with Gasteiger partial charge in [0.2, 0.25) is 5.95 Å². The van der Waals surface area contributed by atoms with Crippen LogP contribution in [0.25, 0.3) is 11.2 Å². The minimum atomic E-state index is -3.43. The van der Waals surface area contributed by atoms with E-state index in [9.17, 15) is 9.90 Å². The van der Waals surface area contributed by atoms with Gasteiger partial charge in [-0.1, -0.05) is 18.2 Å². The molecule has 0 spiro atoms. The number of ether oxygens (including phenoxy) is 2. The molecule has 16 heteroatoms. The quantitative estimate of drug-likeness (QED) is 0.192. The number of alkyl halides is 1. The number of benzene rings is 1. The van der Waals surface area contributed by atoms with E-state index in [1.165, 1.54) is 17.8 Å². The predicted octanol–water partition coefficient (Wildman–Crippen LogP) is 2.30. The van der Waals surface area contributed by atoms with E-state index in [-0.39, 0.29) is 24.8 Å². The number of esters is 1. The van der Waals surface area contributed by atoms with Gasteiger partial charge < -0.3 is 34.7 Å². The zero-order valence-corrected chi connectivity index (χ0v) is 23.5. The number of carbonyl (C=O) groups excluding carboxylic acids is 1. The van der Waals surface area contributed by atoms with Crippen LogP contribution in [0.2, 0.25) is 0 Å². The second-order valence-electron chi connectivity index (χ2n) is 8.93. The molecule has 39 heavy (non-hydrogen) atoms. The highest BCUT2D eigenvalue weighted by molar-refractivity contribution is 8.09. The maximum Gasteiger partial charge on any atom is 0.323 e. The number of nitrogen functional groups attached to an aromatic ring is 1. The van der Waals surface area contributed by atoms with Crippen molar-refractivity contribution in [3.8, 4) is 5.75 Å². The Morgan fingerprint density at radius 1 is 1.38 bits per heavy atom. The molecule has 0 unspecified atom stereocenters. The van der Waals surface area contributed by atoms with E-state index in [2.05, 4.69) is 25.4 Å². The van der Waals surface area contributed by atoms with Crippen LogP contribution in [0.3, 0.4) is 0 Å². The van der Waals surface area contributed by atoms with Gasteiger partial charge in [0, 0.05) is 7.05 Å². The first-order chi connectivity index (χ1) is 18.5. The first-order valence-electron chi connectivity index (χ1n) is 12.1. The molecule has 2 aromatic heterocycles. The molecule has 1 aliphatic heterocycles. The largest absolute Gasteiger partial charge is 0.465 e. The second-order valence-corrected chi connectivity index (χ2v) is 12.1. The van der Waals surface area contributed by atoms with Gasteiger partial charge >= 0.3 is 12.6 Å². The fourth-order valence-electron chi connectivity index (χ4n) is 4.07. The lowest BCUT2D eigenvalue weighted by molar-refractivity contribution is -0.144. The van der Waals surface area contributed by atoms with Crippen LogP contribution in [0.1, 0.15) is 27.0 Å². The number of aliphatic hydroxyl groups is 1. The summed E-state index contributed by atoms with van der Waals surface area (Å²) in [7, 11) is 1.64. The lowest BCUT2D eigenvalue weighted by Crippen LogP contribution is -2.41. The number of nitrogens with zero attached hydrogens (tertiary/aromatic N) is 4. The maximum absolute atomic E-state index is 16.0. The van der Waals surface area contributed by atoms with Crippen molar-refractivity contribution in [2.75, 3.05) is 31.3 Å². The number of rotatable bonds is 11. The summed E-state index contributed by atoms with van der Waals surface area (Å²) in [6.07, 6.45) is -2.77. The Balaban J connectivity index is 1.57. The number of aliphatic hydroxyl groups excluding tert-OH is 1. The highest BCUT2D eigenvalue weighted by atomic mass is 32.5. The molecule has 0 amide bonds. The van der Waals surface area contributed by atoms with Gasteiger partial charge in [-0.05, 0) is 44.7 Å². The van der Waals surface area contributed by atoms with Gasteiger partial charge in [-0.25, -0.2) is 14.5 Å². The van der Waals surface area contributed by atoms with E-state index >= 15 is 4.39 Å². The number of carbonyl (C=O) groups is 1. The predicted molar refractivity (Wildman–Crippen MR) is 145 cm³/mol. The lowest BCUT2D eigenvalue weighted by atomic mass is 9.98. The molecule has 1 aromatic carbocycles. The molecule has 6 atom stereocenters. The van der Waals surface area contributed by atoms with E-state index in [4.69, 9.17) is 36.1 Å². The number of halogens is 1. The first-order valence-corrected chi connectivity index (χ1v) is 14.8. The van der Waals surface area contributed by atoms with Gasteiger partial charge in [0.25, 0.3) is 0 Å². The maximum atomic E-state index is 16.0. The number of hydrogen-bond donors (Lipinski definition) is 4. The monoisotopic (exact) mass is 583 g/mol. The normalized spacial score (nSPS) is 25.2. The molecule has 1 aliphatic rings. The molecule has 3 aromatic rings. The fraction of sp³-hybridized carbons (Fsp3) is 0.478. The topological polar surface area (TPSA) is 168 Å². The molecule has 0 radical (unpaired) electrons. The Hall–Kier alpha value is -2.94. The summed E-state index contributed by atoms with van der Waals surface area (Å²) in [6, 6.07) is 7.78. The first kappa shape index (κ1) is 29.1. The van der Waals surface area contributed by atoms with Crippen LogP contribution in [0.5, 0.6) is 5.75 Å². The van der Waals surface area contributed by atoms with E-state index in [0.717, 1.165) is 0 Å². The molecule has 4 rings (SSSR count). The minimum Gasteiger partial charge on any atom is -0.465 e. The number of fused-ring (bicyclic) bond motifs is 1. The van der Waals surface area contributed by atoms with Gasteiger partial charge in [-0.2, -0.15) is 9.97 Å². The van der Waals surface area contributed by atoms with Crippen LogP contribution in [0.15, 0.2) is 36.7 Å². The molecule has 0 saturated carbocycles. The number of para-hydroxylation sites is 1. The number of nitrogens with one attached hydrogen (secondary N) is 2. The molecular formula is C23H31FN7O6PS. The van der Waals surface area contributed by atoms with Crippen LogP contribution in [0.4, 0.5) is 16.2 Å². The number of imidazole rings is 1. The second kappa shape index (κ2) is 11.7. The Labute approximate surface area is 229 Å². The lowest BCUT2D eigenvalue weighted by Gasteiger charge is -2.28. The summed E-state index contributed by atoms with van der Waals surface area (Å²) in [5.74, 6) is 0.159. The van der Waals surface area contributed by atoms with Gasteiger partial charge in [0.05, 0.1) is 19.5 Å². The van der Waals surface area contributed by atoms with Crippen molar-refractivity contribution in [3.05, 3.63) is 36.7 Å². The Bertz CT molecular complexity index is 1360. The summed E-state index contributed by atoms with van der Waals surface area (Å²) < 4.78 is 40.2. The SMILES string of the molecule is CCOC(=O)[C@@H](C)N[P@](=S)(OC[C@H]1O[C@@H](n2cnc3c(NC)nc(N)nc32)[C@](C)(F)[C@@H]1O)Oc1ccccc1. The van der Waals surface area contributed by atoms with Gasteiger partial charge in [0.15, 0.2) is 28.9 Å². The number of nitrogens with two attached hydrogens (primary N) is 1. The van der Waals surface area contributed by atoms with E-state index in [1.54, 1.807) is 51.2 Å². The minimum absolute atomic E-state index is 0.0480. The average molecular weight is 584 g/mol. The van der Waals surface area contributed by atoms with Gasteiger partial charge in [-0.3, -0.25) is 9.36 Å². The Morgan fingerprint density at radius 3 is 2.77 bits per heavy atom. The Kier molecular flexibility index (Phi) is 8.69. The van der Waals surface area contributed by atoms with Crippen molar-refractivity contribution >= 4 is 47.3 Å². The summed E-state index contributed by atoms with van der Waals surface area (Å²) >= 11 is 5.67. The molecule has 0 bridgehead atoms. The third-order valence-electron chi connectivity index (χ3n) is 6.01. The smallest absolute Gasteiger partial charge is 0.323 e. The van der Waals surface area contributed by atoms with Crippen LogP contribution in [-0.2, 0) is 30.6 Å². The molecule has 1 fully saturated rings. The standard InChI is InChI=1S/C23H31FN7O6PS/c1-5-34-20(33)13(2)30-38(39,37-14-9-7-6-8-10-14)35-11-15-17(32)23(3,24)21(36-15)31-12-27-16-18(26-4)28-22(25)29-19(16)31/h6-10,12-13,15,17,21,32H,5,11H2,1-4H3,(H,30,39)(H3,25,26,28,29)/t13-,15-,17-,21-,23-,38+/m1/s1. The van der Waals surface area contributed by atoms with Crippen LogP contribution >= 0.6 is 6.64 Å². The van der Waals surface area contributed by atoms with Crippen molar-refractivity contribution < 1.29 is 32.8 Å². The molecule has 3 heterocycles. The van der Waals surface area contributed by atoms with Gasteiger partial charge in [0.1, 0.15) is 24.0 Å².